The minimum atomic E-state index is -2.94. The molecule has 0 amide bonds. The molecule has 178 valence electrons. The number of anilines is 2. The fourth-order valence-electron chi connectivity index (χ4n) is 4.60. The Morgan fingerprint density at radius 3 is 2.43 bits per heavy atom. The van der Waals surface area contributed by atoms with Crippen molar-refractivity contribution in [3.05, 3.63) is 102 Å². The summed E-state index contributed by atoms with van der Waals surface area (Å²) in [7, 11) is 1.62. The molecule has 4 aromatic carbocycles. The van der Waals surface area contributed by atoms with Crippen molar-refractivity contribution < 1.29 is 23.0 Å². The standard InChI is InChI=1S/C29H25F2NO3/c1-3-32(20-10-5-4-6-11-20)21-15-16-23-24(18-21)28(19-9-7-12-22(17-19)33-2)34-25-13-8-14-26(27(23)25)35-29(30)31/h4-18,28-29H,3H2,1-2H3. The van der Waals surface area contributed by atoms with Gasteiger partial charge in [0, 0.05) is 29.0 Å². The number of hydrogen-bond donors (Lipinski definition) is 0. The zero-order valence-electron chi connectivity index (χ0n) is 19.4. The first kappa shape index (κ1) is 22.7. The van der Waals surface area contributed by atoms with E-state index in [1.54, 1.807) is 25.3 Å². The van der Waals surface area contributed by atoms with Gasteiger partial charge in [0.15, 0.2) is 0 Å². The van der Waals surface area contributed by atoms with Crippen LogP contribution in [0.4, 0.5) is 20.2 Å². The summed E-state index contributed by atoms with van der Waals surface area (Å²) in [6, 6.07) is 28.8. The zero-order valence-corrected chi connectivity index (χ0v) is 19.4. The van der Waals surface area contributed by atoms with E-state index in [9.17, 15) is 8.78 Å². The Balaban J connectivity index is 1.69. The van der Waals surface area contributed by atoms with Crippen molar-refractivity contribution >= 4 is 11.4 Å². The fourth-order valence-corrected chi connectivity index (χ4v) is 4.60. The smallest absolute Gasteiger partial charge is 0.387 e. The number of para-hydroxylation sites is 1. The highest BCUT2D eigenvalue weighted by atomic mass is 19.3. The summed E-state index contributed by atoms with van der Waals surface area (Å²) in [5.74, 6) is 1.29. The lowest BCUT2D eigenvalue weighted by Gasteiger charge is -2.32. The molecule has 6 heteroatoms. The predicted octanol–water partition coefficient (Wildman–Crippen LogP) is 7.60. The van der Waals surface area contributed by atoms with Crippen LogP contribution < -0.4 is 19.1 Å². The van der Waals surface area contributed by atoms with Crippen LogP contribution >= 0.6 is 0 Å². The molecule has 0 fully saturated rings. The Kier molecular flexibility index (Phi) is 6.27. The van der Waals surface area contributed by atoms with Crippen molar-refractivity contribution in [1.82, 2.24) is 0 Å². The van der Waals surface area contributed by atoms with Crippen LogP contribution in [-0.4, -0.2) is 20.3 Å². The number of hydrogen-bond acceptors (Lipinski definition) is 4. The molecule has 4 aromatic rings. The van der Waals surface area contributed by atoms with Gasteiger partial charge in [-0.15, -0.1) is 0 Å². The summed E-state index contributed by atoms with van der Waals surface area (Å²) < 4.78 is 43.2. The van der Waals surface area contributed by atoms with Crippen molar-refractivity contribution in [3.63, 3.8) is 0 Å². The van der Waals surface area contributed by atoms with E-state index in [2.05, 4.69) is 30.0 Å². The van der Waals surface area contributed by atoms with Gasteiger partial charge in [-0.1, -0.05) is 42.5 Å². The van der Waals surface area contributed by atoms with Crippen LogP contribution in [0.5, 0.6) is 17.2 Å². The molecule has 1 aliphatic rings. The first-order valence-electron chi connectivity index (χ1n) is 11.4. The lowest BCUT2D eigenvalue weighted by atomic mass is 9.88. The molecule has 4 nitrogen and oxygen atoms in total. The maximum absolute atomic E-state index is 13.2. The second-order valence-electron chi connectivity index (χ2n) is 8.13. The second kappa shape index (κ2) is 9.66. The van der Waals surface area contributed by atoms with E-state index in [0.29, 0.717) is 17.1 Å². The number of halogens is 2. The van der Waals surface area contributed by atoms with Gasteiger partial charge >= 0.3 is 6.61 Å². The van der Waals surface area contributed by atoms with Crippen molar-refractivity contribution in [2.75, 3.05) is 18.6 Å². The maximum Gasteiger partial charge on any atom is 0.387 e. The molecular weight excluding hydrogens is 448 g/mol. The number of alkyl halides is 2. The third-order valence-corrected chi connectivity index (χ3v) is 6.13. The number of benzene rings is 4. The normalized spacial score (nSPS) is 14.0. The molecule has 0 spiro atoms. The van der Waals surface area contributed by atoms with Gasteiger partial charge in [-0.3, -0.25) is 0 Å². The monoisotopic (exact) mass is 473 g/mol. The zero-order chi connectivity index (χ0) is 24.4. The van der Waals surface area contributed by atoms with Crippen LogP contribution in [0.25, 0.3) is 11.1 Å². The molecule has 0 N–H and O–H groups in total. The lowest BCUT2D eigenvalue weighted by molar-refractivity contribution is -0.0496. The number of methoxy groups -OCH3 is 1. The highest BCUT2D eigenvalue weighted by Gasteiger charge is 2.31. The van der Waals surface area contributed by atoms with Crippen molar-refractivity contribution in [3.8, 4) is 28.4 Å². The van der Waals surface area contributed by atoms with Crippen LogP contribution in [0.3, 0.4) is 0 Å². The Hall–Kier alpha value is -4.06. The van der Waals surface area contributed by atoms with Gasteiger partial charge in [0.25, 0.3) is 0 Å². The van der Waals surface area contributed by atoms with E-state index in [4.69, 9.17) is 14.2 Å². The summed E-state index contributed by atoms with van der Waals surface area (Å²) in [4.78, 5) is 2.19. The molecule has 0 aliphatic carbocycles. The quantitative estimate of drug-likeness (QED) is 0.276. The lowest BCUT2D eigenvalue weighted by Crippen LogP contribution is -2.19. The van der Waals surface area contributed by atoms with Gasteiger partial charge in [-0.25, -0.2) is 0 Å². The van der Waals surface area contributed by atoms with E-state index in [0.717, 1.165) is 34.6 Å². The molecule has 0 aromatic heterocycles. The first-order valence-corrected chi connectivity index (χ1v) is 11.4. The van der Waals surface area contributed by atoms with Gasteiger partial charge in [0.05, 0.1) is 12.7 Å². The molecular formula is C29H25F2NO3. The summed E-state index contributed by atoms with van der Waals surface area (Å²) in [6.07, 6.45) is -0.455. The van der Waals surface area contributed by atoms with Crippen LogP contribution in [0.1, 0.15) is 24.2 Å². The van der Waals surface area contributed by atoms with Gasteiger partial charge in [-0.2, -0.15) is 8.78 Å². The number of rotatable bonds is 7. The van der Waals surface area contributed by atoms with E-state index >= 15 is 0 Å². The van der Waals surface area contributed by atoms with Crippen LogP contribution in [0.15, 0.2) is 91.0 Å². The number of ether oxygens (including phenoxy) is 3. The maximum atomic E-state index is 13.2. The summed E-state index contributed by atoms with van der Waals surface area (Å²) in [6.45, 7) is -0.0927. The molecule has 0 radical (unpaired) electrons. The topological polar surface area (TPSA) is 30.9 Å². The number of fused-ring (bicyclic) bond motifs is 3. The minimum Gasteiger partial charge on any atom is -0.497 e. The molecule has 1 atom stereocenters. The predicted molar refractivity (Wildman–Crippen MR) is 133 cm³/mol. The summed E-state index contributed by atoms with van der Waals surface area (Å²) in [5, 5.41) is 0. The van der Waals surface area contributed by atoms with Crippen molar-refractivity contribution in [2.24, 2.45) is 0 Å². The highest BCUT2D eigenvalue weighted by Crippen LogP contribution is 2.50. The van der Waals surface area contributed by atoms with Crippen LogP contribution in [-0.2, 0) is 0 Å². The van der Waals surface area contributed by atoms with Gasteiger partial charge < -0.3 is 19.1 Å². The molecule has 1 aliphatic heterocycles. The highest BCUT2D eigenvalue weighted by molar-refractivity contribution is 5.83. The molecule has 5 rings (SSSR count). The van der Waals surface area contributed by atoms with Crippen molar-refractivity contribution in [2.45, 2.75) is 19.6 Å². The minimum absolute atomic E-state index is 0.0889. The third kappa shape index (κ3) is 4.39. The Bertz CT molecular complexity index is 1330. The van der Waals surface area contributed by atoms with Crippen molar-refractivity contribution in [1.29, 1.82) is 0 Å². The van der Waals surface area contributed by atoms with E-state index in [1.807, 2.05) is 54.6 Å². The first-order chi connectivity index (χ1) is 17.1. The number of nitrogens with zero attached hydrogens (tertiary/aromatic N) is 1. The Morgan fingerprint density at radius 1 is 0.886 bits per heavy atom. The van der Waals surface area contributed by atoms with Crippen LogP contribution in [0, 0.1) is 0 Å². The molecule has 35 heavy (non-hydrogen) atoms. The van der Waals surface area contributed by atoms with Gasteiger partial charge in [0.2, 0.25) is 0 Å². The molecule has 0 bridgehead atoms. The van der Waals surface area contributed by atoms with Gasteiger partial charge in [-0.05, 0) is 61.0 Å². The molecule has 1 unspecified atom stereocenters. The SMILES string of the molecule is CCN(c1ccccc1)c1ccc2c(c1)C(c1cccc(OC)c1)Oc1cccc(OC(F)F)c1-2. The molecule has 0 saturated heterocycles. The van der Waals surface area contributed by atoms with Gasteiger partial charge in [0.1, 0.15) is 23.4 Å². The van der Waals surface area contributed by atoms with E-state index in [1.165, 1.54) is 0 Å². The Labute approximate surface area is 203 Å². The average molecular weight is 474 g/mol. The molecule has 0 saturated carbocycles. The largest absolute Gasteiger partial charge is 0.497 e. The average Bonchev–Trinajstić information content (AvgIpc) is 2.89. The van der Waals surface area contributed by atoms with E-state index in [-0.39, 0.29) is 5.75 Å². The summed E-state index contributed by atoms with van der Waals surface area (Å²) >= 11 is 0. The second-order valence-corrected chi connectivity index (χ2v) is 8.13. The third-order valence-electron chi connectivity index (χ3n) is 6.13. The summed E-state index contributed by atoms with van der Waals surface area (Å²) in [5.41, 5.74) is 5.12. The van der Waals surface area contributed by atoms with E-state index < -0.39 is 12.7 Å². The molecule has 1 heterocycles. The van der Waals surface area contributed by atoms with Crippen LogP contribution in [0.2, 0.25) is 0 Å². The fraction of sp³-hybridized carbons (Fsp3) is 0.172. The Morgan fingerprint density at radius 2 is 1.69 bits per heavy atom.